The van der Waals surface area contributed by atoms with E-state index in [0.717, 1.165) is 44.9 Å². The molecule has 0 rings (SSSR count). The molecule has 0 bridgehead atoms. The van der Waals surface area contributed by atoms with Gasteiger partial charge in [0.25, 0.3) is 0 Å². The van der Waals surface area contributed by atoms with Gasteiger partial charge in [0, 0.05) is 6.42 Å². The maximum Gasteiger partial charge on any atom is 0.472 e. The van der Waals surface area contributed by atoms with E-state index >= 15 is 0 Å². The van der Waals surface area contributed by atoms with Crippen molar-refractivity contribution in [1.82, 2.24) is 5.32 Å². The average molecular weight is 800 g/mol. The van der Waals surface area contributed by atoms with Crippen LogP contribution in [0, 0.1) is 0 Å². The number of hydrogen-bond donors (Lipinski definition) is 3. The number of unbranched alkanes of at least 4 members (excludes halogenated alkanes) is 25. The fraction of sp³-hybridized carbons (Fsp3) is 0.891. The van der Waals surface area contributed by atoms with Gasteiger partial charge in [-0.1, -0.05) is 167 Å². The van der Waals surface area contributed by atoms with Gasteiger partial charge in [-0.05, 0) is 64.2 Å². The molecule has 0 aromatic carbocycles. The van der Waals surface area contributed by atoms with Crippen LogP contribution in [0.15, 0.2) is 24.3 Å². The Balaban J connectivity index is 4.38. The second kappa shape index (κ2) is 38.5. The van der Waals surface area contributed by atoms with Crippen molar-refractivity contribution in [3.8, 4) is 0 Å². The Morgan fingerprint density at radius 2 is 0.982 bits per heavy atom. The number of phosphoric acid groups is 1. The van der Waals surface area contributed by atoms with Crippen molar-refractivity contribution in [3.63, 3.8) is 0 Å². The van der Waals surface area contributed by atoms with Gasteiger partial charge in [0.05, 0.1) is 39.9 Å². The standard InChI is InChI=1S/C46H91N2O6P/c1-6-8-10-12-14-16-18-20-22-24-26-28-30-32-34-36-38-40-46(50)47-44(43-54-55(51,52)53-42-41-48(3,4)5)45(49)39-37-35-33-31-29-27-25-23-21-19-17-15-13-11-9-7-2/h20,22,29,31,44-45,49H,6-19,21,23-28,30,32-43H2,1-5H3,(H-,47,50,51,52)/p+1/b22-20+,31-29+/t44-,45+/m0/s1. The summed E-state index contributed by atoms with van der Waals surface area (Å²) in [6.45, 7) is 4.86. The number of aliphatic hydroxyl groups excluding tert-OH is 1. The zero-order valence-corrected chi connectivity index (χ0v) is 37.8. The highest BCUT2D eigenvalue weighted by atomic mass is 31.2. The van der Waals surface area contributed by atoms with E-state index in [4.69, 9.17) is 9.05 Å². The van der Waals surface area contributed by atoms with Gasteiger partial charge in [0.2, 0.25) is 5.91 Å². The summed E-state index contributed by atoms with van der Waals surface area (Å²) in [5.74, 6) is -0.158. The lowest BCUT2D eigenvalue weighted by Gasteiger charge is -2.26. The fourth-order valence-corrected chi connectivity index (χ4v) is 7.42. The van der Waals surface area contributed by atoms with Gasteiger partial charge < -0.3 is 19.8 Å². The third kappa shape index (κ3) is 41.0. The minimum absolute atomic E-state index is 0.0694. The van der Waals surface area contributed by atoms with E-state index in [2.05, 4.69) is 43.5 Å². The Labute approximate surface area is 341 Å². The Hall–Kier alpha value is -1.02. The summed E-state index contributed by atoms with van der Waals surface area (Å²) in [5, 5.41) is 13.9. The van der Waals surface area contributed by atoms with Gasteiger partial charge in [0.15, 0.2) is 0 Å². The van der Waals surface area contributed by atoms with Gasteiger partial charge in [-0.2, -0.15) is 0 Å². The number of allylic oxidation sites excluding steroid dienone is 4. The predicted octanol–water partition coefficient (Wildman–Crippen LogP) is 12.9. The molecular weight excluding hydrogens is 707 g/mol. The summed E-state index contributed by atoms with van der Waals surface area (Å²) in [5.41, 5.74) is 0. The molecule has 55 heavy (non-hydrogen) atoms. The van der Waals surface area contributed by atoms with Gasteiger partial charge in [0.1, 0.15) is 13.2 Å². The number of quaternary nitrogens is 1. The van der Waals surface area contributed by atoms with Gasteiger partial charge in [-0.3, -0.25) is 13.8 Å². The minimum Gasteiger partial charge on any atom is -0.391 e. The highest BCUT2D eigenvalue weighted by molar-refractivity contribution is 7.47. The molecule has 0 fully saturated rings. The first-order valence-corrected chi connectivity index (χ1v) is 24.7. The molecule has 0 aromatic heterocycles. The molecular formula is C46H92N2O6P+. The van der Waals surface area contributed by atoms with Crippen molar-refractivity contribution in [1.29, 1.82) is 0 Å². The molecule has 326 valence electrons. The van der Waals surface area contributed by atoms with Crippen molar-refractivity contribution >= 4 is 13.7 Å². The summed E-state index contributed by atoms with van der Waals surface area (Å²) < 4.78 is 23.6. The largest absolute Gasteiger partial charge is 0.472 e. The van der Waals surface area contributed by atoms with Gasteiger partial charge in [-0.25, -0.2) is 4.57 Å². The number of carbonyl (C=O) groups is 1. The number of rotatable bonds is 42. The van der Waals surface area contributed by atoms with Crippen LogP contribution >= 0.6 is 7.82 Å². The number of amides is 1. The molecule has 0 radical (unpaired) electrons. The molecule has 0 spiro atoms. The number of aliphatic hydroxyl groups is 1. The van der Waals surface area contributed by atoms with E-state index in [0.29, 0.717) is 23.9 Å². The SMILES string of the molecule is CCCCCCCC/C=C/CCCCCCCCCC(=O)N[C@@H](COP(=O)(O)OCC[N+](C)(C)C)[C@H](O)CCCC/C=C/CCCCCCCCCCCC. The van der Waals surface area contributed by atoms with Crippen molar-refractivity contribution < 1.29 is 32.9 Å². The first kappa shape index (κ1) is 54.0. The number of hydrogen-bond acceptors (Lipinski definition) is 5. The van der Waals surface area contributed by atoms with E-state index in [1.54, 1.807) is 0 Å². The van der Waals surface area contributed by atoms with E-state index < -0.39 is 20.0 Å². The molecule has 0 saturated heterocycles. The van der Waals surface area contributed by atoms with Gasteiger partial charge in [-0.15, -0.1) is 0 Å². The van der Waals surface area contributed by atoms with Crippen molar-refractivity contribution in [2.75, 3.05) is 40.9 Å². The third-order valence-corrected chi connectivity index (χ3v) is 11.4. The second-order valence-electron chi connectivity index (χ2n) is 17.1. The maximum absolute atomic E-state index is 12.9. The summed E-state index contributed by atoms with van der Waals surface area (Å²) in [4.78, 5) is 23.2. The van der Waals surface area contributed by atoms with Crippen molar-refractivity contribution in [3.05, 3.63) is 24.3 Å². The first-order valence-electron chi connectivity index (χ1n) is 23.2. The normalized spacial score (nSPS) is 14.5. The molecule has 3 N–H and O–H groups in total. The van der Waals surface area contributed by atoms with Gasteiger partial charge >= 0.3 is 7.82 Å². The molecule has 1 unspecified atom stereocenters. The number of phosphoric ester groups is 1. The number of nitrogens with zero attached hydrogens (tertiary/aromatic N) is 1. The molecule has 8 nitrogen and oxygen atoms in total. The molecule has 0 aliphatic carbocycles. The monoisotopic (exact) mass is 800 g/mol. The van der Waals surface area contributed by atoms with Crippen LogP contribution in [-0.2, 0) is 18.4 Å². The molecule has 0 aliphatic heterocycles. The summed E-state index contributed by atoms with van der Waals surface area (Å²) in [7, 11) is 1.60. The zero-order chi connectivity index (χ0) is 40.7. The molecule has 0 aliphatic rings. The second-order valence-corrected chi connectivity index (χ2v) is 18.6. The smallest absolute Gasteiger partial charge is 0.391 e. The first-order chi connectivity index (χ1) is 26.5. The fourth-order valence-electron chi connectivity index (χ4n) is 6.68. The lowest BCUT2D eigenvalue weighted by molar-refractivity contribution is -0.870. The van der Waals surface area contributed by atoms with E-state index in [1.165, 1.54) is 141 Å². The van der Waals surface area contributed by atoms with E-state index in [-0.39, 0.29) is 19.1 Å². The van der Waals surface area contributed by atoms with Crippen LogP contribution in [0.1, 0.15) is 213 Å². The zero-order valence-electron chi connectivity index (χ0n) is 36.9. The molecule has 1 amide bonds. The molecule has 0 heterocycles. The van der Waals surface area contributed by atoms with Crippen molar-refractivity contribution in [2.24, 2.45) is 0 Å². The van der Waals surface area contributed by atoms with Crippen LogP contribution in [0.5, 0.6) is 0 Å². The molecule has 0 saturated carbocycles. The van der Waals surface area contributed by atoms with E-state index in [1.807, 2.05) is 21.1 Å². The van der Waals surface area contributed by atoms with Crippen LogP contribution in [0.4, 0.5) is 0 Å². The third-order valence-electron chi connectivity index (χ3n) is 10.4. The summed E-state index contributed by atoms with van der Waals surface area (Å²) in [6, 6.07) is -0.776. The van der Waals surface area contributed by atoms with Crippen LogP contribution in [-0.4, -0.2) is 73.4 Å². The summed E-state index contributed by atoms with van der Waals surface area (Å²) >= 11 is 0. The molecule has 0 aromatic rings. The van der Waals surface area contributed by atoms with Crippen molar-refractivity contribution in [2.45, 2.75) is 225 Å². The lowest BCUT2D eigenvalue weighted by atomic mass is 10.0. The Kier molecular flexibility index (Phi) is 37.8. The quantitative estimate of drug-likeness (QED) is 0.0246. The highest BCUT2D eigenvalue weighted by Crippen LogP contribution is 2.43. The number of nitrogens with one attached hydrogen (secondary N) is 1. The summed E-state index contributed by atoms with van der Waals surface area (Å²) in [6.07, 6.45) is 44.9. The number of carbonyl (C=O) groups excluding carboxylic acids is 1. The van der Waals surface area contributed by atoms with Crippen LogP contribution < -0.4 is 5.32 Å². The van der Waals surface area contributed by atoms with Crippen LogP contribution in [0.25, 0.3) is 0 Å². The van der Waals surface area contributed by atoms with Crippen LogP contribution in [0.2, 0.25) is 0 Å². The minimum atomic E-state index is -4.32. The predicted molar refractivity (Wildman–Crippen MR) is 235 cm³/mol. The Morgan fingerprint density at radius 1 is 0.600 bits per heavy atom. The topological polar surface area (TPSA) is 105 Å². The van der Waals surface area contributed by atoms with E-state index in [9.17, 15) is 19.4 Å². The maximum atomic E-state index is 12.9. The number of likely N-dealkylation sites (N-methyl/N-ethyl adjacent to an activating group) is 1. The Bertz CT molecular complexity index is 953. The highest BCUT2D eigenvalue weighted by Gasteiger charge is 2.28. The van der Waals surface area contributed by atoms with Crippen LogP contribution in [0.3, 0.4) is 0 Å². The lowest BCUT2D eigenvalue weighted by Crippen LogP contribution is -2.46. The average Bonchev–Trinajstić information content (AvgIpc) is 3.13. The Morgan fingerprint density at radius 3 is 1.40 bits per heavy atom. The molecule has 9 heteroatoms. The molecule has 3 atom stereocenters.